The van der Waals surface area contributed by atoms with Gasteiger partial charge in [-0.25, -0.2) is 9.59 Å². The van der Waals surface area contributed by atoms with Crippen LogP contribution in [0.5, 0.6) is 0 Å². The molecule has 0 rings (SSSR count). The second kappa shape index (κ2) is 19.0. The van der Waals surface area contributed by atoms with Gasteiger partial charge in [-0.15, -0.1) is 0 Å². The first kappa shape index (κ1) is 32.1. The minimum absolute atomic E-state index is 0. The molecule has 0 aliphatic carbocycles. The summed E-state index contributed by atoms with van der Waals surface area (Å²) in [5.41, 5.74) is 0. The molecule has 2 unspecified atom stereocenters. The number of aliphatic hydroxyl groups excluding tert-OH is 2. The molecule has 0 saturated heterocycles. The summed E-state index contributed by atoms with van der Waals surface area (Å²) in [4.78, 5) is 28.9. The average molecular weight is 312 g/mol. The van der Waals surface area contributed by atoms with Crippen LogP contribution in [-0.2, 0) is 14.4 Å². The third kappa shape index (κ3) is 26.5. The van der Waals surface area contributed by atoms with Gasteiger partial charge in [0.15, 0.2) is 6.10 Å². The number of aliphatic hydroxyl groups is 2. The van der Waals surface area contributed by atoms with Crippen LogP contribution in [0.25, 0.3) is 0 Å². The summed E-state index contributed by atoms with van der Waals surface area (Å²) in [5.74, 6) is -4.03. The van der Waals surface area contributed by atoms with Crippen LogP contribution in [0.1, 0.15) is 13.3 Å². The molecule has 0 bridgehead atoms. The minimum atomic E-state index is -1.79. The Balaban J connectivity index is -0.0000000566. The summed E-state index contributed by atoms with van der Waals surface area (Å²) in [6.45, 7) is 1.20. The maximum atomic E-state index is 9.72. The van der Waals surface area contributed by atoms with Crippen LogP contribution in [0.15, 0.2) is 0 Å². The second-order valence-electron chi connectivity index (χ2n) is 2.47. The molecule has 0 heterocycles. The van der Waals surface area contributed by atoms with Gasteiger partial charge in [0.2, 0.25) is 0 Å². The number of carboxylic acid groups (broad SMARTS) is 3. The van der Waals surface area contributed by atoms with Gasteiger partial charge in [0.05, 0.1) is 6.42 Å². The van der Waals surface area contributed by atoms with E-state index in [1.165, 1.54) is 6.92 Å². The molecule has 0 aliphatic rings. The van der Waals surface area contributed by atoms with E-state index in [9.17, 15) is 14.4 Å². The molecule has 11 heteroatoms. The zero-order valence-corrected chi connectivity index (χ0v) is 7.82. The van der Waals surface area contributed by atoms with E-state index in [2.05, 4.69) is 0 Å². The van der Waals surface area contributed by atoms with Gasteiger partial charge in [-0.3, -0.25) is 4.79 Å². The fraction of sp³-hybridized carbons (Fsp3) is 0.571. The fourth-order valence-electron chi connectivity index (χ4n) is 0.253. The van der Waals surface area contributed by atoms with Gasteiger partial charge in [0, 0.05) is 0 Å². The van der Waals surface area contributed by atoms with Crippen molar-refractivity contribution in [2.45, 2.75) is 25.6 Å². The molecule has 2 atom stereocenters. The van der Waals surface area contributed by atoms with Crippen molar-refractivity contribution in [3.8, 4) is 0 Å². The number of hydrogen-bond acceptors (Lipinski definition) is 5. The molecule has 0 amide bonds. The Labute approximate surface area is 190 Å². The van der Waals surface area contributed by atoms with Crippen molar-refractivity contribution in [3.63, 3.8) is 0 Å². The molecule has 0 spiro atoms. The molecule has 0 fully saturated rings. The van der Waals surface area contributed by atoms with Crippen molar-refractivity contribution >= 4 is 128 Å². The summed E-state index contributed by atoms with van der Waals surface area (Å²) in [6.07, 6.45) is -3.78. The number of aliphatic carboxylic acids is 3. The second-order valence-corrected chi connectivity index (χ2v) is 2.47. The summed E-state index contributed by atoms with van der Waals surface area (Å²) in [6, 6.07) is 0. The van der Waals surface area contributed by atoms with Crippen LogP contribution in [0.3, 0.4) is 0 Å². The molecule has 5 N–H and O–H groups in total. The van der Waals surface area contributed by atoms with E-state index in [1.54, 1.807) is 0 Å². The molecule has 0 aliphatic heterocycles. The van der Waals surface area contributed by atoms with Gasteiger partial charge >= 0.3 is 128 Å². The van der Waals surface area contributed by atoms with Gasteiger partial charge < -0.3 is 25.5 Å². The Kier molecular flexibility index (Phi) is 33.8. The average Bonchev–Trinajstić information content (AvgIpc) is 2.03. The number of hydrogen-bond donors (Lipinski definition) is 5. The quantitative estimate of drug-likeness (QED) is 0.334. The molecule has 8 nitrogen and oxygen atoms in total. The van der Waals surface area contributed by atoms with Crippen molar-refractivity contribution in [3.05, 3.63) is 0 Å². The molecular weight excluding hydrogens is 297 g/mol. The van der Waals surface area contributed by atoms with E-state index in [0.29, 0.717) is 0 Å². The van der Waals surface area contributed by atoms with E-state index in [0.717, 1.165) is 0 Å². The van der Waals surface area contributed by atoms with Gasteiger partial charge in [0.25, 0.3) is 0 Å². The first-order valence-electron chi connectivity index (χ1n) is 3.72. The first-order chi connectivity index (χ1) is 6.68. The normalized spacial score (nSPS) is 10.8. The molecule has 0 aromatic heterocycles. The van der Waals surface area contributed by atoms with Crippen LogP contribution in [0, 0.1) is 0 Å². The van der Waals surface area contributed by atoms with Crippen LogP contribution in [-0.4, -0.2) is 166 Å². The zero-order chi connectivity index (χ0) is 12.6. The van der Waals surface area contributed by atoms with Crippen LogP contribution in [0.2, 0.25) is 0 Å². The van der Waals surface area contributed by atoms with Gasteiger partial charge in [0.1, 0.15) is 6.10 Å². The van der Waals surface area contributed by atoms with Crippen LogP contribution >= 0.6 is 0 Å². The maximum absolute atomic E-state index is 9.72. The van der Waals surface area contributed by atoms with Crippen molar-refractivity contribution in [1.29, 1.82) is 0 Å². The van der Waals surface area contributed by atoms with E-state index in [1.807, 2.05) is 0 Å². The number of carboxylic acids is 3. The van der Waals surface area contributed by atoms with Crippen molar-refractivity contribution in [2.24, 2.45) is 0 Å². The third-order valence-electron chi connectivity index (χ3n) is 1.01. The van der Waals surface area contributed by atoms with Crippen LogP contribution < -0.4 is 0 Å². The van der Waals surface area contributed by atoms with E-state index < -0.39 is 36.5 Å². The molecule has 0 saturated carbocycles. The summed E-state index contributed by atoms with van der Waals surface area (Å²) in [5, 5.41) is 39.9. The molecular formula is C7H15KNa2O8. The van der Waals surface area contributed by atoms with Gasteiger partial charge in [-0.05, 0) is 6.92 Å². The standard InChI is InChI=1S/C4H6O5.C3H6O3.K.2Na.3H/c5-2(4(8)9)1-3(6)7;1-2(4)3(5)6;;;;;;/h2,5H,1H2,(H,6,7)(H,8,9);2,4H,1H3,(H,5,6);;;;;;. The first-order valence-corrected chi connectivity index (χ1v) is 3.72. The SMILES string of the molecule is CC(O)C(=O)O.O=C(O)CC(O)C(=O)O.[KH].[NaH].[NaH]. The molecule has 0 radical (unpaired) electrons. The number of carbonyl (C=O) groups is 3. The van der Waals surface area contributed by atoms with Gasteiger partial charge in [-0.2, -0.15) is 0 Å². The Morgan fingerprint density at radius 2 is 1.22 bits per heavy atom. The van der Waals surface area contributed by atoms with Crippen molar-refractivity contribution < 1.29 is 39.9 Å². The van der Waals surface area contributed by atoms with Crippen LogP contribution in [0.4, 0.5) is 0 Å². The third-order valence-corrected chi connectivity index (χ3v) is 1.01. The zero-order valence-electron chi connectivity index (χ0n) is 7.82. The molecule has 0 aromatic carbocycles. The van der Waals surface area contributed by atoms with Gasteiger partial charge in [-0.1, -0.05) is 0 Å². The van der Waals surface area contributed by atoms with Crippen molar-refractivity contribution in [1.82, 2.24) is 0 Å². The van der Waals surface area contributed by atoms with E-state index >= 15 is 0 Å². The Bertz CT molecular complexity index is 248. The topological polar surface area (TPSA) is 152 Å². The Morgan fingerprint density at radius 3 is 1.28 bits per heavy atom. The van der Waals surface area contributed by atoms with E-state index in [4.69, 9.17) is 25.5 Å². The molecule has 0 aromatic rings. The predicted molar refractivity (Wildman–Crippen MR) is 66.7 cm³/mol. The fourth-order valence-corrected chi connectivity index (χ4v) is 0.253. The van der Waals surface area contributed by atoms with E-state index in [-0.39, 0.29) is 110 Å². The molecule has 94 valence electrons. The Morgan fingerprint density at radius 1 is 0.944 bits per heavy atom. The summed E-state index contributed by atoms with van der Waals surface area (Å²) < 4.78 is 0. The Hall–Kier alpha value is 1.97. The van der Waals surface area contributed by atoms with Crippen molar-refractivity contribution in [2.75, 3.05) is 0 Å². The summed E-state index contributed by atoms with van der Waals surface area (Å²) >= 11 is 0. The predicted octanol–water partition coefficient (Wildman–Crippen LogP) is -3.59. The molecule has 18 heavy (non-hydrogen) atoms. The number of rotatable bonds is 4. The summed E-state index contributed by atoms with van der Waals surface area (Å²) in [7, 11) is 0. The monoisotopic (exact) mass is 312 g/mol.